The normalized spacial score (nSPS) is 15.8. The van der Waals surface area contributed by atoms with Crippen molar-refractivity contribution >= 4 is 17.9 Å². The summed E-state index contributed by atoms with van der Waals surface area (Å²) in [7, 11) is 1.51. The first-order chi connectivity index (χ1) is 15.0. The van der Waals surface area contributed by atoms with Gasteiger partial charge in [-0.3, -0.25) is 9.59 Å². The Kier molecular flexibility index (Phi) is 7.54. The van der Waals surface area contributed by atoms with Crippen molar-refractivity contribution in [3.63, 3.8) is 0 Å². The van der Waals surface area contributed by atoms with Crippen molar-refractivity contribution < 1.29 is 23.8 Å². The average Bonchev–Trinajstić information content (AvgIpc) is 3.27. The minimum atomic E-state index is -0.565. The molecule has 0 aromatic heterocycles. The number of ether oxygens (including phenoxy) is 3. The van der Waals surface area contributed by atoms with Crippen molar-refractivity contribution in [2.24, 2.45) is 5.73 Å². The van der Waals surface area contributed by atoms with Crippen molar-refractivity contribution in [2.45, 2.75) is 25.8 Å². The number of nitrogens with zero attached hydrogens (tertiary/aromatic N) is 1. The van der Waals surface area contributed by atoms with Gasteiger partial charge < -0.3 is 24.8 Å². The van der Waals surface area contributed by atoms with Gasteiger partial charge >= 0.3 is 0 Å². The quantitative estimate of drug-likeness (QED) is 0.624. The SMILES string of the molecule is CCOc1ccc(C2CCCN2C(=O)/C=C/c2ccc(OCC(N)=O)c(OC)c2)cc1. The van der Waals surface area contributed by atoms with Gasteiger partial charge in [-0.25, -0.2) is 0 Å². The summed E-state index contributed by atoms with van der Waals surface area (Å²) >= 11 is 0. The molecule has 1 fully saturated rings. The summed E-state index contributed by atoms with van der Waals surface area (Å²) in [6.45, 7) is 3.08. The molecule has 3 rings (SSSR count). The van der Waals surface area contributed by atoms with Crippen molar-refractivity contribution in [1.29, 1.82) is 0 Å². The fourth-order valence-electron chi connectivity index (χ4n) is 3.65. The third kappa shape index (κ3) is 5.78. The summed E-state index contributed by atoms with van der Waals surface area (Å²) in [4.78, 5) is 25.7. The molecular weight excluding hydrogens is 396 g/mol. The minimum Gasteiger partial charge on any atom is -0.494 e. The number of benzene rings is 2. The van der Waals surface area contributed by atoms with Crippen LogP contribution in [0.2, 0.25) is 0 Å². The van der Waals surface area contributed by atoms with E-state index in [1.807, 2.05) is 36.1 Å². The maximum absolute atomic E-state index is 12.9. The van der Waals surface area contributed by atoms with Crippen molar-refractivity contribution in [1.82, 2.24) is 4.90 Å². The van der Waals surface area contributed by atoms with Crippen LogP contribution < -0.4 is 19.9 Å². The van der Waals surface area contributed by atoms with Crippen LogP contribution in [0.5, 0.6) is 17.2 Å². The minimum absolute atomic E-state index is 0.0376. The third-order valence-corrected chi connectivity index (χ3v) is 5.09. The molecule has 0 radical (unpaired) electrons. The molecule has 2 aromatic carbocycles. The highest BCUT2D eigenvalue weighted by molar-refractivity contribution is 5.92. The number of rotatable bonds is 9. The molecule has 0 aliphatic carbocycles. The summed E-state index contributed by atoms with van der Waals surface area (Å²) in [5.74, 6) is 1.11. The topological polar surface area (TPSA) is 91.1 Å². The molecule has 1 unspecified atom stereocenters. The van der Waals surface area contributed by atoms with E-state index in [4.69, 9.17) is 19.9 Å². The van der Waals surface area contributed by atoms with Crippen molar-refractivity contribution in [2.75, 3.05) is 26.9 Å². The molecule has 1 aliphatic heterocycles. The van der Waals surface area contributed by atoms with Crippen LogP contribution in [-0.4, -0.2) is 43.6 Å². The van der Waals surface area contributed by atoms with Gasteiger partial charge in [-0.1, -0.05) is 18.2 Å². The Morgan fingerprint density at radius 2 is 1.90 bits per heavy atom. The molecule has 1 aliphatic rings. The predicted octanol–water partition coefficient (Wildman–Crippen LogP) is 3.33. The summed E-state index contributed by atoms with van der Waals surface area (Å²) in [6.07, 6.45) is 5.23. The first kappa shape index (κ1) is 22.2. The fraction of sp³-hybridized carbons (Fsp3) is 0.333. The van der Waals surface area contributed by atoms with Gasteiger partial charge in [-0.15, -0.1) is 0 Å². The molecule has 2 amide bonds. The van der Waals surface area contributed by atoms with Crippen LogP contribution in [0, 0.1) is 0 Å². The Morgan fingerprint density at radius 3 is 2.58 bits per heavy atom. The average molecular weight is 424 g/mol. The second kappa shape index (κ2) is 10.5. The zero-order valence-corrected chi connectivity index (χ0v) is 17.9. The van der Waals surface area contributed by atoms with Crippen LogP contribution in [0.25, 0.3) is 6.08 Å². The van der Waals surface area contributed by atoms with Crippen LogP contribution >= 0.6 is 0 Å². The van der Waals surface area contributed by atoms with Gasteiger partial charge in [0.05, 0.1) is 19.8 Å². The Morgan fingerprint density at radius 1 is 1.13 bits per heavy atom. The van der Waals surface area contributed by atoms with E-state index in [2.05, 4.69) is 0 Å². The molecule has 7 nitrogen and oxygen atoms in total. The number of hydrogen-bond donors (Lipinski definition) is 1. The van der Waals surface area contributed by atoms with Gasteiger partial charge in [0, 0.05) is 12.6 Å². The highest BCUT2D eigenvalue weighted by Gasteiger charge is 2.28. The first-order valence-electron chi connectivity index (χ1n) is 10.3. The Bertz CT molecular complexity index is 939. The van der Waals surface area contributed by atoms with E-state index in [9.17, 15) is 9.59 Å². The van der Waals surface area contributed by atoms with Gasteiger partial charge in [-0.05, 0) is 61.2 Å². The summed E-state index contributed by atoms with van der Waals surface area (Å²) in [5.41, 5.74) is 7.01. The molecule has 31 heavy (non-hydrogen) atoms. The third-order valence-electron chi connectivity index (χ3n) is 5.09. The van der Waals surface area contributed by atoms with Crippen LogP contribution in [0.15, 0.2) is 48.5 Å². The number of carbonyl (C=O) groups excluding carboxylic acids is 2. The van der Waals surface area contributed by atoms with E-state index in [-0.39, 0.29) is 18.6 Å². The highest BCUT2D eigenvalue weighted by atomic mass is 16.5. The van der Waals surface area contributed by atoms with Gasteiger partial charge in [0.15, 0.2) is 18.1 Å². The molecule has 1 atom stereocenters. The molecular formula is C24H28N2O5. The molecule has 0 bridgehead atoms. The number of likely N-dealkylation sites (tertiary alicyclic amines) is 1. The van der Waals surface area contributed by atoms with Crippen LogP contribution in [0.1, 0.15) is 36.9 Å². The monoisotopic (exact) mass is 424 g/mol. The van der Waals surface area contributed by atoms with Gasteiger partial charge in [0.1, 0.15) is 5.75 Å². The van der Waals surface area contributed by atoms with Gasteiger partial charge in [0.2, 0.25) is 5.91 Å². The first-order valence-corrected chi connectivity index (χ1v) is 10.3. The fourth-order valence-corrected chi connectivity index (χ4v) is 3.65. The van der Waals surface area contributed by atoms with Gasteiger partial charge in [0.25, 0.3) is 5.91 Å². The number of amides is 2. The smallest absolute Gasteiger partial charge is 0.255 e. The van der Waals surface area contributed by atoms with Crippen LogP contribution in [0.3, 0.4) is 0 Å². The van der Waals surface area contributed by atoms with E-state index in [0.29, 0.717) is 18.1 Å². The summed E-state index contributed by atoms with van der Waals surface area (Å²) < 4.78 is 16.1. The van der Waals surface area contributed by atoms with Crippen LogP contribution in [-0.2, 0) is 9.59 Å². The lowest BCUT2D eigenvalue weighted by Crippen LogP contribution is -2.28. The van der Waals surface area contributed by atoms with E-state index in [0.717, 1.165) is 36.3 Å². The maximum Gasteiger partial charge on any atom is 0.255 e. The summed E-state index contributed by atoms with van der Waals surface area (Å²) in [6, 6.07) is 13.2. The molecule has 1 saturated heterocycles. The predicted molar refractivity (Wildman–Crippen MR) is 118 cm³/mol. The highest BCUT2D eigenvalue weighted by Crippen LogP contribution is 2.33. The number of carbonyl (C=O) groups is 2. The zero-order valence-electron chi connectivity index (χ0n) is 17.9. The molecule has 0 spiro atoms. The van der Waals surface area contributed by atoms with Gasteiger partial charge in [-0.2, -0.15) is 0 Å². The van der Waals surface area contributed by atoms with Crippen molar-refractivity contribution in [3.8, 4) is 17.2 Å². The number of nitrogens with two attached hydrogens (primary N) is 1. The largest absolute Gasteiger partial charge is 0.494 e. The molecule has 7 heteroatoms. The Balaban J connectivity index is 1.69. The van der Waals surface area contributed by atoms with E-state index in [1.54, 1.807) is 30.4 Å². The van der Waals surface area contributed by atoms with Crippen LogP contribution in [0.4, 0.5) is 0 Å². The number of hydrogen-bond acceptors (Lipinski definition) is 5. The molecule has 164 valence electrons. The van der Waals surface area contributed by atoms with E-state index >= 15 is 0 Å². The Hall–Kier alpha value is -3.48. The molecule has 2 N–H and O–H groups in total. The number of primary amides is 1. The zero-order chi connectivity index (χ0) is 22.2. The van der Waals surface area contributed by atoms with Crippen molar-refractivity contribution in [3.05, 3.63) is 59.7 Å². The lowest BCUT2D eigenvalue weighted by molar-refractivity contribution is -0.126. The summed E-state index contributed by atoms with van der Waals surface area (Å²) in [5, 5.41) is 0. The number of methoxy groups -OCH3 is 1. The van der Waals surface area contributed by atoms with E-state index < -0.39 is 5.91 Å². The lowest BCUT2D eigenvalue weighted by atomic mass is 10.0. The second-order valence-corrected chi connectivity index (χ2v) is 7.19. The standard InChI is InChI=1S/C24H28N2O5/c1-3-30-19-10-8-18(9-11-19)20-5-4-14-26(20)24(28)13-7-17-6-12-21(22(15-17)29-2)31-16-23(25)27/h6-13,15,20H,3-5,14,16H2,1-2H3,(H2,25,27)/b13-7+. The lowest BCUT2D eigenvalue weighted by Gasteiger charge is -2.24. The Labute approximate surface area is 182 Å². The maximum atomic E-state index is 12.9. The second-order valence-electron chi connectivity index (χ2n) is 7.19. The molecule has 1 heterocycles. The molecule has 2 aromatic rings. The molecule has 0 saturated carbocycles. The van der Waals surface area contributed by atoms with E-state index in [1.165, 1.54) is 7.11 Å².